The molecular formula is C15H20N4O2. The first-order chi connectivity index (χ1) is 10.1. The summed E-state index contributed by atoms with van der Waals surface area (Å²) in [5, 5.41) is 20.9. The molecule has 1 aliphatic rings. The molecular weight excluding hydrogens is 268 g/mol. The summed E-state index contributed by atoms with van der Waals surface area (Å²) in [5.41, 5.74) is 2.04. The highest BCUT2D eigenvalue weighted by Gasteiger charge is 2.25. The maximum absolute atomic E-state index is 11.9. The van der Waals surface area contributed by atoms with Gasteiger partial charge in [0.1, 0.15) is 6.10 Å². The number of amides is 1. The van der Waals surface area contributed by atoms with E-state index in [9.17, 15) is 9.90 Å². The fourth-order valence-electron chi connectivity index (χ4n) is 2.83. The second-order valence-corrected chi connectivity index (χ2v) is 5.62. The number of fused-ring (bicyclic) bond motifs is 1. The lowest BCUT2D eigenvalue weighted by molar-refractivity contribution is -0.140. The van der Waals surface area contributed by atoms with E-state index in [1.54, 1.807) is 11.1 Å². The molecule has 1 aromatic carbocycles. The number of anilines is 1. The van der Waals surface area contributed by atoms with Gasteiger partial charge in [0.05, 0.1) is 11.7 Å². The second kappa shape index (κ2) is 5.73. The molecule has 1 amide bonds. The fraction of sp³-hybridized carbons (Fsp3) is 0.467. The van der Waals surface area contributed by atoms with Crippen molar-refractivity contribution in [1.82, 2.24) is 15.1 Å². The van der Waals surface area contributed by atoms with Gasteiger partial charge >= 0.3 is 0 Å². The number of hydrogen-bond acceptors (Lipinski definition) is 4. The molecule has 3 N–H and O–H groups in total. The van der Waals surface area contributed by atoms with E-state index >= 15 is 0 Å². The van der Waals surface area contributed by atoms with Gasteiger partial charge in [-0.15, -0.1) is 0 Å². The number of aliphatic hydroxyl groups excluding tert-OH is 1. The van der Waals surface area contributed by atoms with Crippen LogP contribution in [0.25, 0.3) is 10.9 Å². The Kier molecular flexibility index (Phi) is 3.79. The predicted molar refractivity (Wildman–Crippen MR) is 81.0 cm³/mol. The molecule has 0 radical (unpaired) electrons. The van der Waals surface area contributed by atoms with Crippen molar-refractivity contribution in [1.29, 1.82) is 0 Å². The summed E-state index contributed by atoms with van der Waals surface area (Å²) in [7, 11) is 0. The van der Waals surface area contributed by atoms with Crippen LogP contribution in [0.1, 0.15) is 19.8 Å². The topological polar surface area (TPSA) is 81.2 Å². The number of likely N-dealkylation sites (tertiary alicyclic amines) is 1. The van der Waals surface area contributed by atoms with E-state index in [0.29, 0.717) is 6.54 Å². The number of carbonyl (C=O) groups is 1. The Morgan fingerprint density at radius 1 is 1.57 bits per heavy atom. The van der Waals surface area contributed by atoms with Gasteiger partial charge in [-0.25, -0.2) is 0 Å². The van der Waals surface area contributed by atoms with E-state index < -0.39 is 6.10 Å². The minimum Gasteiger partial charge on any atom is -0.384 e. The molecule has 6 nitrogen and oxygen atoms in total. The zero-order valence-corrected chi connectivity index (χ0v) is 12.0. The van der Waals surface area contributed by atoms with Crippen LogP contribution in [0.15, 0.2) is 24.4 Å². The standard InChI is InChI=1S/C15H20N4O2/c1-10(20)15(21)19-6-2-3-13(9-19)17-12-4-5-14-11(7-12)8-16-18-14/h4-5,7-8,10,13,17,20H,2-3,6,9H2,1H3,(H,16,18)/t10-,13?/m1/s1. The van der Waals surface area contributed by atoms with Crippen molar-refractivity contribution in [2.75, 3.05) is 18.4 Å². The smallest absolute Gasteiger partial charge is 0.251 e. The summed E-state index contributed by atoms with van der Waals surface area (Å²) in [6, 6.07) is 6.27. The Bertz CT molecular complexity index is 637. The average molecular weight is 288 g/mol. The number of nitrogens with one attached hydrogen (secondary N) is 2. The molecule has 1 aliphatic heterocycles. The van der Waals surface area contributed by atoms with Crippen molar-refractivity contribution in [2.24, 2.45) is 0 Å². The van der Waals surface area contributed by atoms with E-state index in [2.05, 4.69) is 15.5 Å². The van der Waals surface area contributed by atoms with Gasteiger partial charge in [0.15, 0.2) is 0 Å². The largest absolute Gasteiger partial charge is 0.384 e. The molecule has 1 fully saturated rings. The Morgan fingerprint density at radius 2 is 2.43 bits per heavy atom. The number of piperidine rings is 1. The molecule has 3 rings (SSSR count). The molecule has 0 saturated carbocycles. The predicted octanol–water partition coefficient (Wildman–Crippen LogP) is 1.35. The van der Waals surface area contributed by atoms with Crippen LogP contribution >= 0.6 is 0 Å². The zero-order valence-electron chi connectivity index (χ0n) is 12.0. The summed E-state index contributed by atoms with van der Waals surface area (Å²) in [4.78, 5) is 13.6. The number of benzene rings is 1. The summed E-state index contributed by atoms with van der Waals surface area (Å²) in [6.45, 7) is 2.88. The Labute approximate surface area is 123 Å². The van der Waals surface area contributed by atoms with Gasteiger partial charge in [0.25, 0.3) is 5.91 Å². The maximum atomic E-state index is 11.9. The summed E-state index contributed by atoms with van der Waals surface area (Å²) in [5.74, 6) is -0.188. The van der Waals surface area contributed by atoms with Crippen LogP contribution in [0.2, 0.25) is 0 Å². The molecule has 21 heavy (non-hydrogen) atoms. The van der Waals surface area contributed by atoms with E-state index in [1.165, 1.54) is 6.92 Å². The van der Waals surface area contributed by atoms with Crippen LogP contribution in [0.4, 0.5) is 5.69 Å². The van der Waals surface area contributed by atoms with Crippen LogP contribution in [-0.4, -0.2) is 51.3 Å². The van der Waals surface area contributed by atoms with Crippen molar-refractivity contribution in [2.45, 2.75) is 31.9 Å². The van der Waals surface area contributed by atoms with Gasteiger partial charge in [-0.05, 0) is 38.0 Å². The Morgan fingerprint density at radius 3 is 3.24 bits per heavy atom. The highest BCUT2D eigenvalue weighted by Crippen LogP contribution is 2.20. The lowest BCUT2D eigenvalue weighted by Gasteiger charge is -2.34. The molecule has 1 unspecified atom stereocenters. The number of aromatic amines is 1. The molecule has 2 atom stereocenters. The molecule has 6 heteroatoms. The molecule has 0 aliphatic carbocycles. The molecule has 1 aromatic heterocycles. The van der Waals surface area contributed by atoms with Crippen LogP contribution in [-0.2, 0) is 4.79 Å². The first kappa shape index (κ1) is 13.9. The molecule has 2 aromatic rings. The van der Waals surface area contributed by atoms with Gasteiger partial charge in [0, 0.05) is 30.2 Å². The Balaban J connectivity index is 1.67. The number of aromatic nitrogens is 2. The van der Waals surface area contributed by atoms with Crippen molar-refractivity contribution in [3.8, 4) is 0 Å². The lowest BCUT2D eigenvalue weighted by atomic mass is 10.0. The van der Waals surface area contributed by atoms with Gasteiger partial charge in [-0.1, -0.05) is 0 Å². The quantitative estimate of drug-likeness (QED) is 0.796. The van der Waals surface area contributed by atoms with Crippen LogP contribution < -0.4 is 5.32 Å². The van der Waals surface area contributed by atoms with Gasteiger partial charge in [0.2, 0.25) is 0 Å². The van der Waals surface area contributed by atoms with Crippen molar-refractivity contribution in [3.05, 3.63) is 24.4 Å². The van der Waals surface area contributed by atoms with Crippen LogP contribution in [0, 0.1) is 0 Å². The Hall–Kier alpha value is -2.08. The molecule has 112 valence electrons. The third-order valence-electron chi connectivity index (χ3n) is 3.90. The fourth-order valence-corrected chi connectivity index (χ4v) is 2.83. The van der Waals surface area contributed by atoms with Crippen LogP contribution in [0.5, 0.6) is 0 Å². The summed E-state index contributed by atoms with van der Waals surface area (Å²) >= 11 is 0. The number of rotatable bonds is 3. The normalized spacial score (nSPS) is 20.5. The van der Waals surface area contributed by atoms with Crippen molar-refractivity contribution < 1.29 is 9.90 Å². The highest BCUT2D eigenvalue weighted by molar-refractivity contribution is 5.82. The zero-order chi connectivity index (χ0) is 14.8. The maximum Gasteiger partial charge on any atom is 0.251 e. The lowest BCUT2D eigenvalue weighted by Crippen LogP contribution is -2.48. The van der Waals surface area contributed by atoms with E-state index in [0.717, 1.165) is 36.0 Å². The van der Waals surface area contributed by atoms with Crippen molar-refractivity contribution >= 4 is 22.5 Å². The number of aliphatic hydroxyl groups is 1. The van der Waals surface area contributed by atoms with Crippen molar-refractivity contribution in [3.63, 3.8) is 0 Å². The summed E-state index contributed by atoms with van der Waals surface area (Å²) < 4.78 is 0. The molecule has 0 bridgehead atoms. The highest BCUT2D eigenvalue weighted by atomic mass is 16.3. The minimum absolute atomic E-state index is 0.188. The van der Waals surface area contributed by atoms with E-state index in [4.69, 9.17) is 0 Å². The molecule has 0 spiro atoms. The SMILES string of the molecule is C[C@@H](O)C(=O)N1CCCC(Nc2ccc3[nH]ncc3c2)C1. The van der Waals surface area contributed by atoms with Gasteiger partial charge < -0.3 is 15.3 Å². The third-order valence-corrected chi connectivity index (χ3v) is 3.90. The average Bonchev–Trinajstić information content (AvgIpc) is 2.94. The number of hydrogen-bond donors (Lipinski definition) is 3. The van der Waals surface area contributed by atoms with Gasteiger partial charge in [-0.2, -0.15) is 5.10 Å². The molecule has 1 saturated heterocycles. The number of carbonyl (C=O) groups excluding carboxylic acids is 1. The monoisotopic (exact) mass is 288 g/mol. The third kappa shape index (κ3) is 3.00. The second-order valence-electron chi connectivity index (χ2n) is 5.62. The first-order valence-electron chi connectivity index (χ1n) is 7.30. The van der Waals surface area contributed by atoms with E-state index in [-0.39, 0.29) is 11.9 Å². The van der Waals surface area contributed by atoms with Crippen LogP contribution in [0.3, 0.4) is 0 Å². The van der Waals surface area contributed by atoms with E-state index in [1.807, 2.05) is 18.2 Å². The number of nitrogens with zero attached hydrogens (tertiary/aromatic N) is 2. The molecule has 2 heterocycles. The first-order valence-corrected chi connectivity index (χ1v) is 7.30. The summed E-state index contributed by atoms with van der Waals surface area (Å²) in [6.07, 6.45) is 2.84. The number of H-pyrrole nitrogens is 1. The van der Waals surface area contributed by atoms with Gasteiger partial charge in [-0.3, -0.25) is 9.89 Å². The minimum atomic E-state index is -0.925.